The zero-order valence-corrected chi connectivity index (χ0v) is 13.8. The second kappa shape index (κ2) is 8.48. The summed E-state index contributed by atoms with van der Waals surface area (Å²) in [6.45, 7) is 6.28. The van der Waals surface area contributed by atoms with Gasteiger partial charge < -0.3 is 20.7 Å². The Balaban J connectivity index is 2.16. The van der Waals surface area contributed by atoms with Crippen molar-refractivity contribution >= 4 is 23.7 Å². The molecule has 3 N–H and O–H groups in total. The Hall–Kier alpha value is -1.95. The summed E-state index contributed by atoms with van der Waals surface area (Å²) in [6, 6.07) is 6.96. The van der Waals surface area contributed by atoms with Crippen LogP contribution in [0.25, 0.3) is 0 Å². The summed E-state index contributed by atoms with van der Waals surface area (Å²) >= 11 is 5.99. The van der Waals surface area contributed by atoms with Crippen LogP contribution in [0.5, 0.6) is 0 Å². The zero-order valence-electron chi connectivity index (χ0n) is 13.0. The first-order valence-corrected chi connectivity index (χ1v) is 7.38. The van der Waals surface area contributed by atoms with Gasteiger partial charge in [0.25, 0.3) is 0 Å². The van der Waals surface area contributed by atoms with Crippen molar-refractivity contribution in [3.05, 3.63) is 34.9 Å². The van der Waals surface area contributed by atoms with Gasteiger partial charge in [0.1, 0.15) is 5.60 Å². The number of rotatable bonds is 5. The SMILES string of the molecule is CC(C)(C)OC(=O)NCCNC(=O)NCc1ccccc1Cl. The number of nitrogens with one attached hydrogen (secondary N) is 3. The lowest BCUT2D eigenvalue weighted by Gasteiger charge is -2.19. The lowest BCUT2D eigenvalue weighted by Crippen LogP contribution is -2.41. The molecule has 1 aromatic rings. The number of halogens is 1. The van der Waals surface area contributed by atoms with Crippen molar-refractivity contribution in [1.29, 1.82) is 0 Å². The summed E-state index contributed by atoms with van der Waals surface area (Å²) in [6.07, 6.45) is -0.509. The minimum absolute atomic E-state index is 0.286. The van der Waals surface area contributed by atoms with Gasteiger partial charge in [-0.05, 0) is 32.4 Å². The Morgan fingerprint density at radius 2 is 1.73 bits per heavy atom. The molecular weight excluding hydrogens is 306 g/mol. The van der Waals surface area contributed by atoms with Gasteiger partial charge >= 0.3 is 12.1 Å². The van der Waals surface area contributed by atoms with E-state index in [1.165, 1.54) is 0 Å². The maximum atomic E-state index is 11.6. The van der Waals surface area contributed by atoms with Crippen LogP contribution in [-0.2, 0) is 11.3 Å². The Morgan fingerprint density at radius 1 is 1.09 bits per heavy atom. The van der Waals surface area contributed by atoms with E-state index in [-0.39, 0.29) is 12.6 Å². The van der Waals surface area contributed by atoms with Crippen molar-refractivity contribution in [1.82, 2.24) is 16.0 Å². The first-order valence-electron chi connectivity index (χ1n) is 7.00. The Morgan fingerprint density at radius 3 is 2.36 bits per heavy atom. The van der Waals surface area contributed by atoms with Gasteiger partial charge in [-0.2, -0.15) is 0 Å². The fourth-order valence-corrected chi connectivity index (χ4v) is 1.74. The molecule has 0 aromatic heterocycles. The van der Waals surface area contributed by atoms with E-state index in [2.05, 4.69) is 16.0 Å². The molecule has 3 amide bonds. The lowest BCUT2D eigenvalue weighted by molar-refractivity contribution is 0.0528. The highest BCUT2D eigenvalue weighted by Crippen LogP contribution is 2.14. The van der Waals surface area contributed by atoms with E-state index in [1.54, 1.807) is 26.8 Å². The number of benzene rings is 1. The number of hydrogen-bond acceptors (Lipinski definition) is 3. The van der Waals surface area contributed by atoms with E-state index in [4.69, 9.17) is 16.3 Å². The predicted octanol–water partition coefficient (Wildman–Crippen LogP) is 2.66. The molecule has 0 aliphatic heterocycles. The number of carbonyl (C=O) groups is 2. The molecule has 22 heavy (non-hydrogen) atoms. The highest BCUT2D eigenvalue weighted by molar-refractivity contribution is 6.31. The number of carbonyl (C=O) groups excluding carboxylic acids is 2. The molecule has 122 valence electrons. The number of urea groups is 1. The molecule has 0 heterocycles. The van der Waals surface area contributed by atoms with Crippen molar-refractivity contribution in [2.45, 2.75) is 32.9 Å². The van der Waals surface area contributed by atoms with Gasteiger partial charge in [-0.15, -0.1) is 0 Å². The topological polar surface area (TPSA) is 79.5 Å². The van der Waals surface area contributed by atoms with Crippen LogP contribution in [0.1, 0.15) is 26.3 Å². The summed E-state index contributed by atoms with van der Waals surface area (Å²) in [5.41, 5.74) is 0.301. The van der Waals surface area contributed by atoms with Gasteiger partial charge in [-0.25, -0.2) is 9.59 Å². The van der Waals surface area contributed by atoms with Gasteiger partial charge in [0, 0.05) is 24.7 Å². The van der Waals surface area contributed by atoms with Crippen molar-refractivity contribution < 1.29 is 14.3 Å². The van der Waals surface area contributed by atoms with Crippen LogP contribution in [0, 0.1) is 0 Å². The van der Waals surface area contributed by atoms with E-state index >= 15 is 0 Å². The molecule has 0 saturated heterocycles. The average molecular weight is 328 g/mol. The van der Waals surface area contributed by atoms with Crippen LogP contribution < -0.4 is 16.0 Å². The third kappa shape index (κ3) is 7.73. The van der Waals surface area contributed by atoms with Gasteiger partial charge in [0.05, 0.1) is 0 Å². The normalized spacial score (nSPS) is 10.7. The molecule has 0 spiro atoms. The van der Waals surface area contributed by atoms with Crippen LogP contribution >= 0.6 is 11.6 Å². The molecule has 0 aliphatic rings. The van der Waals surface area contributed by atoms with Gasteiger partial charge in [0.2, 0.25) is 0 Å². The molecule has 1 rings (SSSR count). The predicted molar refractivity (Wildman–Crippen MR) is 85.9 cm³/mol. The number of alkyl carbamates (subject to hydrolysis) is 1. The minimum atomic E-state index is -0.538. The van der Waals surface area contributed by atoms with Crippen molar-refractivity contribution in [3.8, 4) is 0 Å². The first kappa shape index (κ1) is 18.1. The van der Waals surface area contributed by atoms with Crippen molar-refractivity contribution in [2.24, 2.45) is 0 Å². The van der Waals surface area contributed by atoms with E-state index in [9.17, 15) is 9.59 Å². The average Bonchev–Trinajstić information content (AvgIpc) is 2.41. The summed E-state index contributed by atoms with van der Waals surface area (Å²) in [4.78, 5) is 23.0. The van der Waals surface area contributed by atoms with Gasteiger partial charge in [0.15, 0.2) is 0 Å². The molecule has 0 fully saturated rings. The highest BCUT2D eigenvalue weighted by atomic mass is 35.5. The van der Waals surface area contributed by atoms with Crippen LogP contribution in [-0.4, -0.2) is 30.8 Å². The highest BCUT2D eigenvalue weighted by Gasteiger charge is 2.15. The Kier molecular flexibility index (Phi) is 6.98. The van der Waals surface area contributed by atoms with E-state index in [0.717, 1.165) is 5.56 Å². The number of amides is 3. The number of ether oxygens (including phenoxy) is 1. The molecule has 0 saturated carbocycles. The molecule has 0 aliphatic carbocycles. The van der Waals surface area contributed by atoms with Crippen molar-refractivity contribution in [2.75, 3.05) is 13.1 Å². The lowest BCUT2D eigenvalue weighted by atomic mass is 10.2. The molecule has 0 unspecified atom stereocenters. The molecule has 0 bridgehead atoms. The van der Waals surface area contributed by atoms with E-state index < -0.39 is 11.7 Å². The summed E-state index contributed by atoms with van der Waals surface area (Å²) in [7, 11) is 0. The number of hydrogen-bond donors (Lipinski definition) is 3. The Labute approximate surface area is 135 Å². The third-order valence-electron chi connectivity index (χ3n) is 2.48. The molecule has 0 atom stereocenters. The quantitative estimate of drug-likeness (QED) is 0.727. The fourth-order valence-electron chi connectivity index (χ4n) is 1.53. The second-order valence-corrected chi connectivity index (χ2v) is 6.04. The van der Waals surface area contributed by atoms with E-state index in [0.29, 0.717) is 18.1 Å². The summed E-state index contributed by atoms with van der Waals surface area (Å²) in [5.74, 6) is 0. The van der Waals surface area contributed by atoms with Gasteiger partial charge in [-0.3, -0.25) is 0 Å². The maximum Gasteiger partial charge on any atom is 0.407 e. The molecule has 6 nitrogen and oxygen atoms in total. The Bertz CT molecular complexity index is 515. The molecule has 7 heteroatoms. The molecular formula is C15H22ClN3O3. The third-order valence-corrected chi connectivity index (χ3v) is 2.84. The molecule has 1 aromatic carbocycles. The summed E-state index contributed by atoms with van der Waals surface area (Å²) < 4.78 is 5.07. The summed E-state index contributed by atoms with van der Waals surface area (Å²) in [5, 5.41) is 8.47. The smallest absolute Gasteiger partial charge is 0.407 e. The zero-order chi connectivity index (χ0) is 16.6. The van der Waals surface area contributed by atoms with Crippen LogP contribution in [0.2, 0.25) is 5.02 Å². The van der Waals surface area contributed by atoms with Crippen LogP contribution in [0.3, 0.4) is 0 Å². The second-order valence-electron chi connectivity index (χ2n) is 5.63. The molecule has 0 radical (unpaired) electrons. The maximum absolute atomic E-state index is 11.6. The standard InChI is InChI=1S/C15H22ClN3O3/c1-15(2,3)22-14(21)18-9-8-17-13(20)19-10-11-6-4-5-7-12(11)16/h4-7H,8-10H2,1-3H3,(H,18,21)(H2,17,19,20). The minimum Gasteiger partial charge on any atom is -0.444 e. The van der Waals surface area contributed by atoms with Crippen LogP contribution in [0.4, 0.5) is 9.59 Å². The first-order chi connectivity index (χ1) is 10.3. The fraction of sp³-hybridized carbons (Fsp3) is 0.467. The largest absolute Gasteiger partial charge is 0.444 e. The van der Waals surface area contributed by atoms with Crippen LogP contribution in [0.15, 0.2) is 24.3 Å². The van der Waals surface area contributed by atoms with Gasteiger partial charge in [-0.1, -0.05) is 29.8 Å². The van der Waals surface area contributed by atoms with Crippen molar-refractivity contribution in [3.63, 3.8) is 0 Å². The monoisotopic (exact) mass is 327 g/mol. The van der Waals surface area contributed by atoms with E-state index in [1.807, 2.05) is 18.2 Å².